The second-order valence-electron chi connectivity index (χ2n) is 7.94. The number of hydrogen-bond acceptors (Lipinski definition) is 3. The van der Waals surface area contributed by atoms with E-state index in [1.807, 2.05) is 73.7 Å². The summed E-state index contributed by atoms with van der Waals surface area (Å²) in [7, 11) is 0. The molecule has 168 valence electrons. The molecule has 0 saturated heterocycles. The van der Waals surface area contributed by atoms with Crippen LogP contribution in [0, 0.1) is 6.92 Å². The SMILES string of the molecule is C=CCc1ccccc1OCCn1c(CCNC(=O)c2ccccc2C)nc2ccccc21. The number of benzene rings is 3. The molecule has 1 aromatic heterocycles. The normalized spacial score (nSPS) is 10.8. The van der Waals surface area contributed by atoms with Crippen LogP contribution in [0.25, 0.3) is 11.0 Å². The number of ether oxygens (including phenoxy) is 1. The number of hydrogen-bond donors (Lipinski definition) is 1. The summed E-state index contributed by atoms with van der Waals surface area (Å²) in [5.74, 6) is 1.76. The number of rotatable bonds is 10. The van der Waals surface area contributed by atoms with Crippen molar-refractivity contribution < 1.29 is 9.53 Å². The van der Waals surface area contributed by atoms with Crippen LogP contribution in [-0.4, -0.2) is 28.6 Å². The summed E-state index contributed by atoms with van der Waals surface area (Å²) >= 11 is 0. The number of fused-ring (bicyclic) bond motifs is 1. The fourth-order valence-corrected chi connectivity index (χ4v) is 3.99. The number of carbonyl (C=O) groups is 1. The number of aromatic nitrogens is 2. The lowest BCUT2D eigenvalue weighted by molar-refractivity contribution is 0.0953. The molecule has 33 heavy (non-hydrogen) atoms. The number of allylic oxidation sites excluding steroid dienone is 1. The third-order valence-electron chi connectivity index (χ3n) is 5.67. The topological polar surface area (TPSA) is 56.1 Å². The molecule has 1 amide bonds. The van der Waals surface area contributed by atoms with Crippen molar-refractivity contribution in [1.82, 2.24) is 14.9 Å². The molecule has 0 bridgehead atoms. The van der Waals surface area contributed by atoms with Gasteiger partial charge in [0.25, 0.3) is 5.91 Å². The standard InChI is InChI=1S/C28H29N3O2/c1-3-10-22-12-5-9-16-26(22)33-20-19-31-25-15-8-7-14-24(25)30-27(31)17-18-29-28(32)23-13-6-4-11-21(23)2/h3-9,11-16H,1,10,17-20H2,2H3,(H,29,32). The molecule has 0 aliphatic heterocycles. The fourth-order valence-electron chi connectivity index (χ4n) is 3.99. The summed E-state index contributed by atoms with van der Waals surface area (Å²) in [6.07, 6.45) is 3.30. The van der Waals surface area contributed by atoms with E-state index in [1.54, 1.807) is 0 Å². The molecule has 0 aliphatic carbocycles. The lowest BCUT2D eigenvalue weighted by Gasteiger charge is -2.13. The zero-order valence-electron chi connectivity index (χ0n) is 19.0. The van der Waals surface area contributed by atoms with E-state index in [0.29, 0.717) is 31.7 Å². The first-order chi connectivity index (χ1) is 16.2. The zero-order valence-corrected chi connectivity index (χ0v) is 19.0. The maximum Gasteiger partial charge on any atom is 0.251 e. The number of nitrogens with one attached hydrogen (secondary N) is 1. The predicted molar refractivity (Wildman–Crippen MR) is 133 cm³/mol. The van der Waals surface area contributed by atoms with Gasteiger partial charge in [-0.15, -0.1) is 6.58 Å². The molecule has 0 fully saturated rings. The lowest BCUT2D eigenvalue weighted by Crippen LogP contribution is -2.27. The number of imidazole rings is 1. The van der Waals surface area contributed by atoms with Crippen LogP contribution in [-0.2, 0) is 19.4 Å². The predicted octanol–water partition coefficient (Wildman–Crippen LogP) is 5.12. The molecule has 5 nitrogen and oxygen atoms in total. The van der Waals surface area contributed by atoms with Crippen LogP contribution in [0.3, 0.4) is 0 Å². The Morgan fingerprint density at radius 2 is 1.82 bits per heavy atom. The van der Waals surface area contributed by atoms with Crippen molar-refractivity contribution in [3.05, 3.63) is 108 Å². The number of aryl methyl sites for hydroxylation is 1. The van der Waals surface area contributed by atoms with Crippen LogP contribution in [0.4, 0.5) is 0 Å². The van der Waals surface area contributed by atoms with Gasteiger partial charge in [0.05, 0.1) is 17.6 Å². The molecule has 0 radical (unpaired) electrons. The summed E-state index contributed by atoms with van der Waals surface area (Å²) in [6, 6.07) is 23.8. The highest BCUT2D eigenvalue weighted by molar-refractivity contribution is 5.95. The van der Waals surface area contributed by atoms with Crippen molar-refractivity contribution in [3.63, 3.8) is 0 Å². The van der Waals surface area contributed by atoms with E-state index in [0.717, 1.165) is 40.2 Å². The molecule has 0 unspecified atom stereocenters. The zero-order chi connectivity index (χ0) is 23.0. The smallest absolute Gasteiger partial charge is 0.251 e. The molecule has 4 rings (SSSR count). The van der Waals surface area contributed by atoms with Gasteiger partial charge in [0.15, 0.2) is 0 Å². The summed E-state index contributed by atoms with van der Waals surface area (Å²) in [5, 5.41) is 3.03. The summed E-state index contributed by atoms with van der Waals surface area (Å²) in [4.78, 5) is 17.4. The van der Waals surface area contributed by atoms with E-state index in [-0.39, 0.29) is 5.91 Å². The van der Waals surface area contributed by atoms with E-state index in [4.69, 9.17) is 9.72 Å². The van der Waals surface area contributed by atoms with E-state index < -0.39 is 0 Å². The first-order valence-corrected chi connectivity index (χ1v) is 11.3. The van der Waals surface area contributed by atoms with Crippen LogP contribution in [0.5, 0.6) is 5.75 Å². The van der Waals surface area contributed by atoms with Crippen molar-refractivity contribution >= 4 is 16.9 Å². The Balaban J connectivity index is 1.44. The number of carbonyl (C=O) groups excluding carboxylic acids is 1. The Morgan fingerprint density at radius 1 is 1.06 bits per heavy atom. The van der Waals surface area contributed by atoms with E-state index in [9.17, 15) is 4.79 Å². The number of amides is 1. The van der Waals surface area contributed by atoms with Crippen LogP contribution in [0.15, 0.2) is 85.5 Å². The average Bonchev–Trinajstić information content (AvgIpc) is 3.18. The molecule has 0 saturated carbocycles. The van der Waals surface area contributed by atoms with Crippen LogP contribution >= 0.6 is 0 Å². The second kappa shape index (κ2) is 10.6. The summed E-state index contributed by atoms with van der Waals surface area (Å²) < 4.78 is 8.30. The Morgan fingerprint density at radius 3 is 2.67 bits per heavy atom. The first kappa shape index (κ1) is 22.3. The van der Waals surface area contributed by atoms with E-state index in [1.165, 1.54) is 0 Å². The number of para-hydroxylation sites is 3. The van der Waals surface area contributed by atoms with Crippen molar-refractivity contribution in [2.75, 3.05) is 13.2 Å². The fraction of sp³-hybridized carbons (Fsp3) is 0.214. The van der Waals surface area contributed by atoms with Gasteiger partial charge in [0.1, 0.15) is 18.2 Å². The van der Waals surface area contributed by atoms with Gasteiger partial charge in [-0.1, -0.05) is 54.6 Å². The maximum atomic E-state index is 12.6. The van der Waals surface area contributed by atoms with Crippen molar-refractivity contribution in [3.8, 4) is 5.75 Å². The Labute approximate surface area is 194 Å². The highest BCUT2D eigenvalue weighted by Crippen LogP contribution is 2.20. The van der Waals surface area contributed by atoms with Gasteiger partial charge in [0, 0.05) is 18.5 Å². The minimum absolute atomic E-state index is 0.0575. The Kier molecular flexibility index (Phi) is 7.20. The molecular weight excluding hydrogens is 410 g/mol. The Hall–Kier alpha value is -3.86. The summed E-state index contributed by atoms with van der Waals surface area (Å²) in [6.45, 7) is 7.49. The van der Waals surface area contributed by atoms with E-state index >= 15 is 0 Å². The van der Waals surface area contributed by atoms with Crippen molar-refractivity contribution in [1.29, 1.82) is 0 Å². The van der Waals surface area contributed by atoms with Crippen LogP contribution in [0.2, 0.25) is 0 Å². The molecular formula is C28H29N3O2. The second-order valence-corrected chi connectivity index (χ2v) is 7.94. The third-order valence-corrected chi connectivity index (χ3v) is 5.67. The van der Waals surface area contributed by atoms with Gasteiger partial charge < -0.3 is 14.6 Å². The molecule has 1 N–H and O–H groups in total. The molecule has 0 aliphatic rings. The molecule has 0 spiro atoms. The average molecular weight is 440 g/mol. The quantitative estimate of drug-likeness (QED) is 0.349. The molecule has 0 atom stereocenters. The van der Waals surface area contributed by atoms with Gasteiger partial charge in [0.2, 0.25) is 0 Å². The van der Waals surface area contributed by atoms with E-state index in [2.05, 4.69) is 28.6 Å². The van der Waals surface area contributed by atoms with Crippen LogP contribution < -0.4 is 10.1 Å². The van der Waals surface area contributed by atoms with Gasteiger partial charge in [-0.05, 0) is 48.7 Å². The minimum atomic E-state index is -0.0575. The number of nitrogens with zero attached hydrogens (tertiary/aromatic N) is 2. The first-order valence-electron chi connectivity index (χ1n) is 11.3. The lowest BCUT2D eigenvalue weighted by atomic mass is 10.1. The van der Waals surface area contributed by atoms with Crippen molar-refractivity contribution in [2.24, 2.45) is 0 Å². The third kappa shape index (κ3) is 5.32. The Bertz CT molecular complexity index is 1260. The maximum absolute atomic E-state index is 12.6. The van der Waals surface area contributed by atoms with Gasteiger partial charge >= 0.3 is 0 Å². The monoisotopic (exact) mass is 439 g/mol. The van der Waals surface area contributed by atoms with Gasteiger partial charge in [-0.3, -0.25) is 4.79 Å². The molecule has 1 heterocycles. The highest BCUT2D eigenvalue weighted by Gasteiger charge is 2.13. The van der Waals surface area contributed by atoms with Crippen molar-refractivity contribution in [2.45, 2.75) is 26.3 Å². The largest absolute Gasteiger partial charge is 0.491 e. The minimum Gasteiger partial charge on any atom is -0.491 e. The molecule has 5 heteroatoms. The highest BCUT2D eigenvalue weighted by atomic mass is 16.5. The van der Waals surface area contributed by atoms with Gasteiger partial charge in [-0.2, -0.15) is 0 Å². The van der Waals surface area contributed by atoms with Gasteiger partial charge in [-0.25, -0.2) is 4.98 Å². The molecule has 3 aromatic carbocycles. The molecule has 4 aromatic rings. The van der Waals surface area contributed by atoms with Crippen LogP contribution in [0.1, 0.15) is 27.3 Å². The summed E-state index contributed by atoms with van der Waals surface area (Å²) in [5.41, 5.74) is 4.82.